The van der Waals surface area contributed by atoms with Crippen molar-refractivity contribution < 1.29 is 13.6 Å². The van der Waals surface area contributed by atoms with Crippen molar-refractivity contribution in [2.24, 2.45) is 0 Å². The lowest BCUT2D eigenvalue weighted by atomic mass is 9.91. The van der Waals surface area contributed by atoms with Gasteiger partial charge in [-0.1, -0.05) is 31.7 Å². The zero-order valence-electron chi connectivity index (χ0n) is 11.1. The zero-order chi connectivity index (χ0) is 14.6. The van der Waals surface area contributed by atoms with Crippen molar-refractivity contribution >= 4 is 5.91 Å². The van der Waals surface area contributed by atoms with Gasteiger partial charge in [-0.15, -0.1) is 0 Å². The van der Waals surface area contributed by atoms with E-state index in [4.69, 9.17) is 0 Å². The van der Waals surface area contributed by atoms with Gasteiger partial charge < -0.3 is 5.32 Å². The molecule has 0 aromatic heterocycles. The van der Waals surface area contributed by atoms with Crippen LogP contribution in [-0.2, 0) is 0 Å². The van der Waals surface area contributed by atoms with Gasteiger partial charge >= 0.3 is 0 Å². The van der Waals surface area contributed by atoms with Crippen molar-refractivity contribution in [1.82, 2.24) is 5.32 Å². The average Bonchev–Trinajstić information content (AvgIpc) is 2.64. The van der Waals surface area contributed by atoms with Crippen LogP contribution in [0.25, 0.3) is 0 Å². The quantitative estimate of drug-likeness (QED) is 0.844. The van der Waals surface area contributed by atoms with Crippen LogP contribution in [0.4, 0.5) is 8.78 Å². The number of halogens is 2. The Bertz CT molecular complexity index is 523. The molecule has 5 heteroatoms. The fourth-order valence-electron chi connectivity index (χ4n) is 2.59. The van der Waals surface area contributed by atoms with Crippen LogP contribution in [0.5, 0.6) is 0 Å². The second kappa shape index (κ2) is 6.00. The number of rotatable bonds is 2. The molecule has 0 bridgehead atoms. The van der Waals surface area contributed by atoms with Gasteiger partial charge in [0.05, 0.1) is 6.07 Å². The summed E-state index contributed by atoms with van der Waals surface area (Å²) < 4.78 is 27.2. The number of hydrogen-bond donors (Lipinski definition) is 1. The highest BCUT2D eigenvalue weighted by Gasteiger charge is 2.34. The highest BCUT2D eigenvalue weighted by atomic mass is 19.1. The molecular formula is C15H16F2N2O. The monoisotopic (exact) mass is 278 g/mol. The summed E-state index contributed by atoms with van der Waals surface area (Å²) >= 11 is 0. The Hall–Kier alpha value is -1.96. The molecule has 1 fully saturated rings. The minimum absolute atomic E-state index is 0.519. The van der Waals surface area contributed by atoms with Crippen molar-refractivity contribution in [3.8, 4) is 6.07 Å². The molecule has 1 aromatic rings. The number of nitriles is 1. The Morgan fingerprint density at radius 1 is 1.15 bits per heavy atom. The molecule has 0 radical (unpaired) electrons. The Kier molecular flexibility index (Phi) is 4.33. The average molecular weight is 278 g/mol. The van der Waals surface area contributed by atoms with E-state index in [0.717, 1.165) is 37.8 Å². The van der Waals surface area contributed by atoms with Gasteiger partial charge in [0.1, 0.15) is 22.7 Å². The fourth-order valence-corrected chi connectivity index (χ4v) is 2.59. The summed E-state index contributed by atoms with van der Waals surface area (Å²) in [6.07, 6.45) is 4.71. The van der Waals surface area contributed by atoms with Crippen LogP contribution in [0.2, 0.25) is 0 Å². The predicted octanol–water partition coefficient (Wildman–Crippen LogP) is 3.31. The molecule has 0 saturated heterocycles. The van der Waals surface area contributed by atoms with Gasteiger partial charge in [0.25, 0.3) is 5.91 Å². The zero-order valence-corrected chi connectivity index (χ0v) is 11.1. The van der Waals surface area contributed by atoms with Crippen LogP contribution in [0, 0.1) is 23.0 Å². The lowest BCUT2D eigenvalue weighted by Crippen LogP contribution is -2.47. The van der Waals surface area contributed by atoms with E-state index in [0.29, 0.717) is 12.8 Å². The van der Waals surface area contributed by atoms with Gasteiger partial charge in [-0.05, 0) is 25.0 Å². The molecule has 0 aliphatic heterocycles. The number of carbonyl (C=O) groups excluding carboxylic acids is 1. The van der Waals surface area contributed by atoms with Crippen LogP contribution in [0.3, 0.4) is 0 Å². The van der Waals surface area contributed by atoms with Crippen molar-refractivity contribution in [2.75, 3.05) is 0 Å². The Morgan fingerprint density at radius 2 is 1.70 bits per heavy atom. The van der Waals surface area contributed by atoms with Gasteiger partial charge in [0.15, 0.2) is 0 Å². The van der Waals surface area contributed by atoms with E-state index < -0.39 is 28.6 Å². The lowest BCUT2D eigenvalue weighted by Gasteiger charge is -2.26. The van der Waals surface area contributed by atoms with Crippen LogP contribution in [0.15, 0.2) is 18.2 Å². The number of nitrogens with zero attached hydrogens (tertiary/aromatic N) is 1. The maximum absolute atomic E-state index is 13.6. The summed E-state index contributed by atoms with van der Waals surface area (Å²) in [5, 5.41) is 11.9. The molecule has 1 amide bonds. The number of nitrogens with one attached hydrogen (secondary N) is 1. The van der Waals surface area contributed by atoms with Crippen molar-refractivity contribution in [3.63, 3.8) is 0 Å². The van der Waals surface area contributed by atoms with Crippen LogP contribution < -0.4 is 5.32 Å². The third-order valence-electron chi connectivity index (χ3n) is 3.71. The van der Waals surface area contributed by atoms with E-state index in [9.17, 15) is 18.8 Å². The van der Waals surface area contributed by atoms with Crippen molar-refractivity contribution in [3.05, 3.63) is 35.4 Å². The molecule has 1 aliphatic rings. The van der Waals surface area contributed by atoms with E-state index in [1.807, 2.05) is 0 Å². The summed E-state index contributed by atoms with van der Waals surface area (Å²) in [6, 6.07) is 5.39. The Labute approximate surface area is 116 Å². The number of benzene rings is 1. The van der Waals surface area contributed by atoms with Gasteiger partial charge in [-0.25, -0.2) is 8.78 Å². The molecule has 0 atom stereocenters. The van der Waals surface area contributed by atoms with Crippen LogP contribution in [-0.4, -0.2) is 11.4 Å². The molecule has 2 rings (SSSR count). The first kappa shape index (κ1) is 14.4. The lowest BCUT2D eigenvalue weighted by molar-refractivity contribution is 0.0904. The number of carbonyl (C=O) groups is 1. The summed E-state index contributed by atoms with van der Waals surface area (Å²) in [5.74, 6) is -2.68. The van der Waals surface area contributed by atoms with Gasteiger partial charge in [0, 0.05) is 0 Å². The van der Waals surface area contributed by atoms with E-state index in [-0.39, 0.29) is 0 Å². The minimum Gasteiger partial charge on any atom is -0.334 e. The van der Waals surface area contributed by atoms with E-state index in [1.54, 1.807) is 0 Å². The van der Waals surface area contributed by atoms with Gasteiger partial charge in [-0.2, -0.15) is 5.26 Å². The standard InChI is InChI=1S/C15H16F2N2O/c16-11-6-5-7-12(17)13(11)14(20)19-15(10-18)8-3-1-2-4-9-15/h5-7H,1-4,8-9H2,(H,19,20). The highest BCUT2D eigenvalue weighted by Crippen LogP contribution is 2.27. The second-order valence-electron chi connectivity index (χ2n) is 5.16. The minimum atomic E-state index is -1.01. The van der Waals surface area contributed by atoms with Gasteiger partial charge in [0.2, 0.25) is 0 Å². The first-order valence-corrected chi connectivity index (χ1v) is 6.76. The molecule has 1 aliphatic carbocycles. The summed E-state index contributed by atoms with van der Waals surface area (Å²) in [5.41, 5.74) is -1.63. The van der Waals surface area contributed by atoms with Gasteiger partial charge in [-0.3, -0.25) is 4.79 Å². The molecule has 20 heavy (non-hydrogen) atoms. The largest absolute Gasteiger partial charge is 0.334 e. The van der Waals surface area contributed by atoms with Crippen LogP contribution >= 0.6 is 0 Å². The molecule has 0 unspecified atom stereocenters. The first-order chi connectivity index (χ1) is 9.58. The molecule has 1 N–H and O–H groups in total. The molecule has 3 nitrogen and oxygen atoms in total. The Balaban J connectivity index is 2.23. The van der Waals surface area contributed by atoms with E-state index in [2.05, 4.69) is 11.4 Å². The molecule has 1 saturated carbocycles. The fraction of sp³-hybridized carbons (Fsp3) is 0.467. The molecule has 0 spiro atoms. The maximum atomic E-state index is 13.6. The third-order valence-corrected chi connectivity index (χ3v) is 3.71. The molecule has 106 valence electrons. The molecule has 1 aromatic carbocycles. The SMILES string of the molecule is N#CC1(NC(=O)c2c(F)cccc2F)CCCCCC1. The topological polar surface area (TPSA) is 52.9 Å². The maximum Gasteiger partial charge on any atom is 0.258 e. The Morgan fingerprint density at radius 3 is 2.20 bits per heavy atom. The molecular weight excluding hydrogens is 262 g/mol. The first-order valence-electron chi connectivity index (χ1n) is 6.76. The van der Waals surface area contributed by atoms with Crippen molar-refractivity contribution in [1.29, 1.82) is 5.26 Å². The van der Waals surface area contributed by atoms with E-state index in [1.165, 1.54) is 6.07 Å². The second-order valence-corrected chi connectivity index (χ2v) is 5.16. The predicted molar refractivity (Wildman–Crippen MR) is 69.9 cm³/mol. The highest BCUT2D eigenvalue weighted by molar-refractivity contribution is 5.95. The van der Waals surface area contributed by atoms with Crippen molar-refractivity contribution in [2.45, 2.75) is 44.1 Å². The smallest absolute Gasteiger partial charge is 0.258 e. The third kappa shape index (κ3) is 2.96. The number of hydrogen-bond acceptors (Lipinski definition) is 2. The summed E-state index contributed by atoms with van der Waals surface area (Å²) in [7, 11) is 0. The molecule has 0 heterocycles. The normalized spacial score (nSPS) is 17.9. The number of amides is 1. The summed E-state index contributed by atoms with van der Waals surface area (Å²) in [4.78, 5) is 12.1. The van der Waals surface area contributed by atoms with Crippen LogP contribution in [0.1, 0.15) is 48.9 Å². The summed E-state index contributed by atoms with van der Waals surface area (Å²) in [6.45, 7) is 0. The van der Waals surface area contributed by atoms with E-state index >= 15 is 0 Å².